The van der Waals surface area contributed by atoms with E-state index in [0.717, 1.165) is 36.9 Å². The number of halogens is 3. The molecule has 7 nitrogen and oxygen atoms in total. The summed E-state index contributed by atoms with van der Waals surface area (Å²) < 4.78 is 42.3. The molecule has 2 aromatic heterocycles. The summed E-state index contributed by atoms with van der Waals surface area (Å²) in [6, 6.07) is 14.1. The SMILES string of the molecule is CNc1ccc(-c2cc(-c3cccc4c3cnn4CCCCCCN)c(=O)n(CC(F)(F)F)n2)cc1. The molecular formula is C26H29F3N6O. The zero-order chi connectivity index (χ0) is 25.7. The fraction of sp³-hybridized carbons (Fsp3) is 0.346. The number of unbranched alkanes of at least 4 members (excludes halogenated alkanes) is 3. The van der Waals surface area contributed by atoms with Crippen LogP contribution in [0.1, 0.15) is 25.7 Å². The Bertz CT molecular complexity index is 1380. The van der Waals surface area contributed by atoms with Crippen LogP contribution in [0.25, 0.3) is 33.3 Å². The van der Waals surface area contributed by atoms with E-state index in [1.807, 2.05) is 10.7 Å². The van der Waals surface area contributed by atoms with Crippen molar-refractivity contribution in [3.8, 4) is 22.4 Å². The first kappa shape index (κ1) is 25.4. The lowest BCUT2D eigenvalue weighted by molar-refractivity contribution is -0.143. The van der Waals surface area contributed by atoms with Gasteiger partial charge in [0.05, 0.1) is 23.0 Å². The van der Waals surface area contributed by atoms with Gasteiger partial charge in [-0.1, -0.05) is 37.1 Å². The van der Waals surface area contributed by atoms with Crippen molar-refractivity contribution >= 4 is 16.6 Å². The van der Waals surface area contributed by atoms with E-state index in [-0.39, 0.29) is 11.3 Å². The van der Waals surface area contributed by atoms with Gasteiger partial charge in [-0.15, -0.1) is 0 Å². The summed E-state index contributed by atoms with van der Waals surface area (Å²) in [5, 5.41) is 12.3. The molecule has 2 aromatic carbocycles. The number of hydrogen-bond acceptors (Lipinski definition) is 5. The van der Waals surface area contributed by atoms with Gasteiger partial charge < -0.3 is 11.1 Å². The van der Waals surface area contributed by atoms with E-state index >= 15 is 0 Å². The topological polar surface area (TPSA) is 90.8 Å². The molecule has 0 fully saturated rings. The minimum atomic E-state index is -4.59. The molecular weight excluding hydrogens is 469 g/mol. The molecule has 0 unspecified atom stereocenters. The van der Waals surface area contributed by atoms with Crippen molar-refractivity contribution < 1.29 is 13.2 Å². The van der Waals surface area contributed by atoms with Crippen LogP contribution in [-0.2, 0) is 13.1 Å². The van der Waals surface area contributed by atoms with Crippen molar-refractivity contribution in [3.05, 3.63) is 65.1 Å². The van der Waals surface area contributed by atoms with E-state index in [0.29, 0.717) is 34.3 Å². The number of benzene rings is 2. The Morgan fingerprint density at radius 3 is 2.42 bits per heavy atom. The van der Waals surface area contributed by atoms with Crippen molar-refractivity contribution in [1.29, 1.82) is 0 Å². The van der Waals surface area contributed by atoms with Gasteiger partial charge in [0.25, 0.3) is 5.56 Å². The highest BCUT2D eigenvalue weighted by atomic mass is 19.4. The van der Waals surface area contributed by atoms with Gasteiger partial charge in [0.2, 0.25) is 0 Å². The third-order valence-electron chi connectivity index (χ3n) is 6.07. The summed E-state index contributed by atoms with van der Waals surface area (Å²) in [5.41, 5.74) is 7.98. The van der Waals surface area contributed by atoms with Crippen LogP contribution in [0.4, 0.5) is 18.9 Å². The number of nitrogens with zero attached hydrogens (tertiary/aromatic N) is 4. The second kappa shape index (κ2) is 10.9. The van der Waals surface area contributed by atoms with Crippen LogP contribution in [0, 0.1) is 0 Å². The second-order valence-corrected chi connectivity index (χ2v) is 8.66. The Kier molecular flexibility index (Phi) is 7.73. The van der Waals surface area contributed by atoms with E-state index in [2.05, 4.69) is 15.5 Å². The molecule has 0 atom stereocenters. The van der Waals surface area contributed by atoms with E-state index < -0.39 is 18.3 Å². The van der Waals surface area contributed by atoms with Crippen molar-refractivity contribution in [3.63, 3.8) is 0 Å². The zero-order valence-corrected chi connectivity index (χ0v) is 20.1. The molecule has 0 bridgehead atoms. The third-order valence-corrected chi connectivity index (χ3v) is 6.07. The van der Waals surface area contributed by atoms with Crippen molar-refractivity contribution in [2.45, 2.75) is 44.9 Å². The van der Waals surface area contributed by atoms with Gasteiger partial charge >= 0.3 is 6.18 Å². The highest BCUT2D eigenvalue weighted by Gasteiger charge is 2.30. The molecule has 3 N–H and O–H groups in total. The molecule has 0 aliphatic rings. The lowest BCUT2D eigenvalue weighted by atomic mass is 10.0. The molecule has 36 heavy (non-hydrogen) atoms. The first-order valence-electron chi connectivity index (χ1n) is 11.9. The smallest absolute Gasteiger partial charge is 0.388 e. The normalized spacial score (nSPS) is 11.8. The molecule has 0 spiro atoms. The Balaban J connectivity index is 1.78. The first-order valence-corrected chi connectivity index (χ1v) is 11.9. The monoisotopic (exact) mass is 498 g/mol. The average molecular weight is 499 g/mol. The van der Waals surface area contributed by atoms with Gasteiger partial charge in [-0.3, -0.25) is 9.48 Å². The summed E-state index contributed by atoms with van der Waals surface area (Å²) in [6.45, 7) is -0.0952. The van der Waals surface area contributed by atoms with E-state index in [4.69, 9.17) is 5.73 Å². The van der Waals surface area contributed by atoms with Gasteiger partial charge in [-0.05, 0) is 49.2 Å². The Morgan fingerprint density at radius 2 is 1.72 bits per heavy atom. The van der Waals surface area contributed by atoms with Crippen LogP contribution in [0.5, 0.6) is 0 Å². The van der Waals surface area contributed by atoms with E-state index in [9.17, 15) is 18.0 Å². The Morgan fingerprint density at radius 1 is 0.972 bits per heavy atom. The fourth-order valence-electron chi connectivity index (χ4n) is 4.24. The molecule has 0 saturated carbocycles. The predicted octanol–water partition coefficient (Wildman–Crippen LogP) is 5.05. The van der Waals surface area contributed by atoms with Crippen molar-refractivity contribution in [1.82, 2.24) is 19.6 Å². The number of alkyl halides is 3. The summed E-state index contributed by atoms with van der Waals surface area (Å²) in [7, 11) is 1.77. The molecule has 0 aliphatic carbocycles. The molecule has 10 heteroatoms. The predicted molar refractivity (Wildman–Crippen MR) is 136 cm³/mol. The zero-order valence-electron chi connectivity index (χ0n) is 20.1. The van der Waals surface area contributed by atoms with Crippen molar-refractivity contribution in [2.75, 3.05) is 18.9 Å². The second-order valence-electron chi connectivity index (χ2n) is 8.66. The molecule has 0 radical (unpaired) electrons. The quantitative estimate of drug-likeness (QED) is 0.299. The summed E-state index contributed by atoms with van der Waals surface area (Å²) >= 11 is 0. The molecule has 0 aliphatic heterocycles. The van der Waals surface area contributed by atoms with Gasteiger partial charge in [0.15, 0.2) is 0 Å². The average Bonchev–Trinajstić information content (AvgIpc) is 3.28. The maximum Gasteiger partial charge on any atom is 0.408 e. The standard InChI is InChI=1S/C26H29F3N6O/c1-31-19-11-9-18(10-12-19)23-15-21(25(36)35(33-23)17-26(27,28)29)20-7-6-8-24-22(20)16-32-34(24)14-5-3-2-4-13-30/h6-12,15-16,31H,2-5,13-14,17,30H2,1H3. The maximum atomic E-state index is 13.3. The minimum absolute atomic E-state index is 0.148. The Hall–Kier alpha value is -3.66. The maximum absolute atomic E-state index is 13.3. The number of fused-ring (bicyclic) bond motifs is 1. The number of nitrogens with two attached hydrogens (primary N) is 1. The third kappa shape index (κ3) is 5.76. The van der Waals surface area contributed by atoms with Crippen molar-refractivity contribution in [2.24, 2.45) is 5.73 Å². The number of anilines is 1. The van der Waals surface area contributed by atoms with E-state index in [1.165, 1.54) is 0 Å². The molecule has 4 aromatic rings. The van der Waals surface area contributed by atoms with Crippen LogP contribution >= 0.6 is 0 Å². The van der Waals surface area contributed by atoms with Crippen LogP contribution in [0.3, 0.4) is 0 Å². The number of hydrogen-bond donors (Lipinski definition) is 2. The van der Waals surface area contributed by atoms with Gasteiger partial charge in [-0.2, -0.15) is 23.4 Å². The molecule has 190 valence electrons. The Labute approximate surface area is 206 Å². The minimum Gasteiger partial charge on any atom is -0.388 e. The molecule has 0 amide bonds. The molecule has 0 saturated heterocycles. The van der Waals surface area contributed by atoms with Gasteiger partial charge in [0, 0.05) is 30.2 Å². The van der Waals surface area contributed by atoms with Crippen LogP contribution in [0.15, 0.2) is 59.5 Å². The lowest BCUT2D eigenvalue weighted by Crippen LogP contribution is -2.31. The molecule has 2 heterocycles. The summed E-state index contributed by atoms with van der Waals surface area (Å²) in [4.78, 5) is 13.2. The lowest BCUT2D eigenvalue weighted by Gasteiger charge is -2.13. The largest absolute Gasteiger partial charge is 0.408 e. The van der Waals surface area contributed by atoms with Crippen LogP contribution in [0.2, 0.25) is 0 Å². The van der Waals surface area contributed by atoms with Crippen LogP contribution in [-0.4, -0.2) is 39.3 Å². The highest BCUT2D eigenvalue weighted by Crippen LogP contribution is 2.30. The van der Waals surface area contributed by atoms with Gasteiger partial charge in [-0.25, -0.2) is 4.68 Å². The number of aromatic nitrogens is 4. The van der Waals surface area contributed by atoms with Crippen LogP contribution < -0.4 is 16.6 Å². The fourth-order valence-corrected chi connectivity index (χ4v) is 4.24. The number of nitrogens with one attached hydrogen (secondary N) is 1. The molecule has 4 rings (SSSR count). The first-order chi connectivity index (χ1) is 17.3. The summed E-state index contributed by atoms with van der Waals surface area (Å²) in [6.07, 6.45) is 1.07. The number of rotatable bonds is 10. The number of aryl methyl sites for hydroxylation is 1. The van der Waals surface area contributed by atoms with Gasteiger partial charge in [0.1, 0.15) is 6.54 Å². The van der Waals surface area contributed by atoms with E-state index in [1.54, 1.807) is 55.7 Å². The summed E-state index contributed by atoms with van der Waals surface area (Å²) in [5.74, 6) is 0. The highest BCUT2D eigenvalue weighted by molar-refractivity contribution is 5.95.